The van der Waals surface area contributed by atoms with Gasteiger partial charge in [-0.05, 0) is 19.4 Å². The van der Waals surface area contributed by atoms with E-state index in [9.17, 15) is 4.79 Å². The smallest absolute Gasteiger partial charge is 0.244 e. The second-order valence-electron chi connectivity index (χ2n) is 5.34. The molecule has 20 heavy (non-hydrogen) atoms. The Kier molecular flexibility index (Phi) is 5.98. The van der Waals surface area contributed by atoms with Gasteiger partial charge in [-0.3, -0.25) is 4.79 Å². The van der Waals surface area contributed by atoms with Gasteiger partial charge in [0.1, 0.15) is 6.54 Å². The van der Waals surface area contributed by atoms with Gasteiger partial charge in [-0.1, -0.05) is 31.4 Å². The van der Waals surface area contributed by atoms with Crippen molar-refractivity contribution in [3.63, 3.8) is 0 Å². The summed E-state index contributed by atoms with van der Waals surface area (Å²) in [5.41, 5.74) is 0.882. The summed E-state index contributed by atoms with van der Waals surface area (Å²) in [4.78, 5) is 14.3. The lowest BCUT2D eigenvalue weighted by Gasteiger charge is -2.24. The van der Waals surface area contributed by atoms with Crippen molar-refractivity contribution in [3.8, 4) is 0 Å². The zero-order valence-electron chi connectivity index (χ0n) is 12.3. The van der Waals surface area contributed by atoms with Gasteiger partial charge in [-0.25, -0.2) is 4.68 Å². The number of likely N-dealkylation sites (tertiary alicyclic amines) is 1. The molecule has 6 nitrogen and oxygen atoms in total. The molecular formula is C14H25N5O. The lowest BCUT2D eigenvalue weighted by Crippen LogP contribution is -2.36. The quantitative estimate of drug-likeness (QED) is 0.879. The van der Waals surface area contributed by atoms with E-state index in [0.29, 0.717) is 13.1 Å². The van der Waals surface area contributed by atoms with Crippen LogP contribution in [-0.2, 0) is 17.9 Å². The van der Waals surface area contributed by atoms with Crippen LogP contribution in [0.15, 0.2) is 6.20 Å². The minimum absolute atomic E-state index is 0.159. The topological polar surface area (TPSA) is 63.1 Å². The van der Waals surface area contributed by atoms with Crippen molar-refractivity contribution < 1.29 is 4.79 Å². The molecule has 6 heteroatoms. The minimum atomic E-state index is 0.159. The molecule has 1 fully saturated rings. The maximum Gasteiger partial charge on any atom is 0.244 e. The molecule has 0 unspecified atom stereocenters. The lowest BCUT2D eigenvalue weighted by atomic mass is 10.1. The number of aromatic nitrogens is 3. The van der Waals surface area contributed by atoms with Gasteiger partial charge in [0.05, 0.1) is 11.9 Å². The second-order valence-corrected chi connectivity index (χ2v) is 5.34. The van der Waals surface area contributed by atoms with Crippen molar-refractivity contribution in [2.24, 2.45) is 0 Å². The molecule has 2 rings (SSSR count). The van der Waals surface area contributed by atoms with E-state index >= 15 is 0 Å². The van der Waals surface area contributed by atoms with Crippen LogP contribution in [0.2, 0.25) is 0 Å². The first-order valence-corrected chi connectivity index (χ1v) is 7.67. The highest BCUT2D eigenvalue weighted by Crippen LogP contribution is 2.11. The van der Waals surface area contributed by atoms with E-state index in [0.717, 1.165) is 38.2 Å². The van der Waals surface area contributed by atoms with E-state index in [2.05, 4.69) is 22.6 Å². The molecule has 0 radical (unpaired) electrons. The van der Waals surface area contributed by atoms with Crippen LogP contribution in [0.4, 0.5) is 0 Å². The third-order valence-corrected chi connectivity index (χ3v) is 3.65. The number of nitrogens with one attached hydrogen (secondary N) is 1. The summed E-state index contributed by atoms with van der Waals surface area (Å²) in [7, 11) is 0. The fourth-order valence-corrected chi connectivity index (χ4v) is 2.49. The van der Waals surface area contributed by atoms with Crippen LogP contribution in [0, 0.1) is 0 Å². The van der Waals surface area contributed by atoms with Crippen molar-refractivity contribution in [2.45, 2.75) is 52.1 Å². The first kappa shape index (κ1) is 15.0. The summed E-state index contributed by atoms with van der Waals surface area (Å²) in [6.45, 7) is 5.73. The molecule has 0 spiro atoms. The molecule has 0 bridgehead atoms. The molecule has 1 aromatic heterocycles. The monoisotopic (exact) mass is 279 g/mol. The summed E-state index contributed by atoms with van der Waals surface area (Å²) in [6, 6.07) is 0. The Hall–Kier alpha value is -1.43. The van der Waals surface area contributed by atoms with Crippen molar-refractivity contribution in [3.05, 3.63) is 11.9 Å². The molecule has 1 aliphatic heterocycles. The first-order valence-electron chi connectivity index (χ1n) is 7.67. The Bertz CT molecular complexity index is 409. The average molecular weight is 279 g/mol. The van der Waals surface area contributed by atoms with Gasteiger partial charge < -0.3 is 10.2 Å². The van der Waals surface area contributed by atoms with E-state index in [1.165, 1.54) is 19.3 Å². The number of carbonyl (C=O) groups excluding carboxylic acids is 1. The molecule has 1 saturated heterocycles. The SMILES string of the molecule is CCNCc1cn(CC(=O)N2CCCCCCC2)nn1. The molecule has 1 aliphatic rings. The lowest BCUT2D eigenvalue weighted by molar-refractivity contribution is -0.132. The number of hydrogen-bond donors (Lipinski definition) is 1. The van der Waals surface area contributed by atoms with Gasteiger partial charge in [0, 0.05) is 19.6 Å². The van der Waals surface area contributed by atoms with Gasteiger partial charge in [-0.15, -0.1) is 5.10 Å². The normalized spacial score (nSPS) is 16.8. The summed E-state index contributed by atoms with van der Waals surface area (Å²) in [6.07, 6.45) is 7.87. The van der Waals surface area contributed by atoms with Crippen LogP contribution < -0.4 is 5.32 Å². The van der Waals surface area contributed by atoms with Crippen molar-refractivity contribution in [1.82, 2.24) is 25.2 Å². The van der Waals surface area contributed by atoms with Gasteiger partial charge in [0.25, 0.3) is 0 Å². The van der Waals surface area contributed by atoms with Gasteiger partial charge in [-0.2, -0.15) is 0 Å². The molecule has 2 heterocycles. The molecule has 1 N–H and O–H groups in total. The van der Waals surface area contributed by atoms with Crippen LogP contribution in [0.25, 0.3) is 0 Å². The maximum atomic E-state index is 12.3. The maximum absolute atomic E-state index is 12.3. The Morgan fingerprint density at radius 1 is 1.25 bits per heavy atom. The molecule has 0 atom stereocenters. The van der Waals surface area contributed by atoms with Crippen molar-refractivity contribution >= 4 is 5.91 Å². The highest BCUT2D eigenvalue weighted by molar-refractivity contribution is 5.75. The Morgan fingerprint density at radius 2 is 1.95 bits per heavy atom. The number of nitrogens with zero attached hydrogens (tertiary/aromatic N) is 4. The Labute approximate surface area is 120 Å². The molecule has 0 aromatic carbocycles. The van der Waals surface area contributed by atoms with E-state index in [1.807, 2.05) is 11.1 Å². The highest BCUT2D eigenvalue weighted by Gasteiger charge is 2.15. The van der Waals surface area contributed by atoms with E-state index in [-0.39, 0.29) is 5.91 Å². The predicted molar refractivity (Wildman–Crippen MR) is 77.1 cm³/mol. The highest BCUT2D eigenvalue weighted by atomic mass is 16.2. The van der Waals surface area contributed by atoms with E-state index in [4.69, 9.17) is 0 Å². The zero-order chi connectivity index (χ0) is 14.2. The Morgan fingerprint density at radius 3 is 2.65 bits per heavy atom. The third kappa shape index (κ3) is 4.59. The predicted octanol–water partition coefficient (Wildman–Crippen LogP) is 1.18. The number of carbonyl (C=O) groups is 1. The van der Waals surface area contributed by atoms with Gasteiger partial charge in [0.2, 0.25) is 5.91 Å². The summed E-state index contributed by atoms with van der Waals surface area (Å²) < 4.78 is 1.65. The standard InChI is InChI=1S/C14H25N5O/c1-2-15-10-13-11-19(17-16-13)12-14(20)18-8-6-4-3-5-7-9-18/h11,15H,2-10,12H2,1H3. The first-order chi connectivity index (χ1) is 9.79. The second kappa shape index (κ2) is 7.99. The molecule has 112 valence electrons. The fourth-order valence-electron chi connectivity index (χ4n) is 2.49. The number of hydrogen-bond acceptors (Lipinski definition) is 4. The number of amides is 1. The molecule has 0 saturated carbocycles. The van der Waals surface area contributed by atoms with E-state index in [1.54, 1.807) is 4.68 Å². The molecule has 1 aromatic rings. The largest absolute Gasteiger partial charge is 0.341 e. The van der Waals surface area contributed by atoms with Crippen LogP contribution in [0.3, 0.4) is 0 Å². The van der Waals surface area contributed by atoms with Gasteiger partial charge >= 0.3 is 0 Å². The summed E-state index contributed by atoms with van der Waals surface area (Å²) in [5.74, 6) is 0.159. The van der Waals surface area contributed by atoms with Crippen LogP contribution in [0.1, 0.15) is 44.7 Å². The minimum Gasteiger partial charge on any atom is -0.341 e. The van der Waals surface area contributed by atoms with Crippen molar-refractivity contribution in [2.75, 3.05) is 19.6 Å². The van der Waals surface area contributed by atoms with Crippen LogP contribution in [-0.4, -0.2) is 45.4 Å². The average Bonchev–Trinajstić information content (AvgIpc) is 2.83. The summed E-state index contributed by atoms with van der Waals surface area (Å²) >= 11 is 0. The zero-order valence-corrected chi connectivity index (χ0v) is 12.3. The summed E-state index contributed by atoms with van der Waals surface area (Å²) in [5, 5.41) is 11.3. The molecule has 1 amide bonds. The molecular weight excluding hydrogens is 254 g/mol. The third-order valence-electron chi connectivity index (χ3n) is 3.65. The van der Waals surface area contributed by atoms with Crippen LogP contribution in [0.5, 0.6) is 0 Å². The molecule has 0 aliphatic carbocycles. The van der Waals surface area contributed by atoms with Gasteiger partial charge in [0.15, 0.2) is 0 Å². The Balaban J connectivity index is 1.84. The van der Waals surface area contributed by atoms with E-state index < -0.39 is 0 Å². The van der Waals surface area contributed by atoms with Crippen molar-refractivity contribution in [1.29, 1.82) is 0 Å². The number of rotatable bonds is 5. The van der Waals surface area contributed by atoms with Crippen LogP contribution >= 0.6 is 0 Å². The fraction of sp³-hybridized carbons (Fsp3) is 0.786.